The lowest BCUT2D eigenvalue weighted by Crippen LogP contribution is -2.12. The quantitative estimate of drug-likeness (QED) is 0.189. The summed E-state index contributed by atoms with van der Waals surface area (Å²) in [6, 6.07) is 34.0. The van der Waals surface area contributed by atoms with E-state index in [4.69, 9.17) is 9.05 Å². The Morgan fingerprint density at radius 2 is 0.882 bits per heavy atom. The number of hydrogen-bond acceptors (Lipinski definition) is 4. The largest absolute Gasteiger partial charge is 0.457 e. The maximum absolute atomic E-state index is 6.40. The second kappa shape index (κ2) is 10.2. The Morgan fingerprint density at radius 3 is 1.35 bits per heavy atom. The van der Waals surface area contributed by atoms with Crippen LogP contribution in [0.25, 0.3) is 22.3 Å². The minimum atomic E-state index is -0.733. The molecule has 2 heterocycles. The lowest BCUT2D eigenvalue weighted by molar-refractivity contribution is 0.633. The van der Waals surface area contributed by atoms with Crippen LogP contribution in [0.3, 0.4) is 0 Å². The van der Waals surface area contributed by atoms with E-state index in [1.807, 2.05) is 34.9 Å². The summed E-state index contributed by atoms with van der Waals surface area (Å²) in [5.74, 6) is 3.85. The van der Waals surface area contributed by atoms with Crippen molar-refractivity contribution in [3.8, 4) is 33.8 Å². The summed E-state index contributed by atoms with van der Waals surface area (Å²) in [6.07, 6.45) is 4.54. The van der Waals surface area contributed by atoms with Crippen molar-refractivity contribution in [2.45, 2.75) is 0 Å². The van der Waals surface area contributed by atoms with Crippen LogP contribution in [-0.4, -0.2) is 11.5 Å². The molecule has 0 radical (unpaired) electrons. The van der Waals surface area contributed by atoms with Gasteiger partial charge in [0.05, 0.1) is 0 Å². The lowest BCUT2D eigenvalue weighted by Gasteiger charge is -2.27. The van der Waals surface area contributed by atoms with Gasteiger partial charge < -0.3 is 9.05 Å². The van der Waals surface area contributed by atoms with E-state index in [0.29, 0.717) is 0 Å². The van der Waals surface area contributed by atoms with E-state index in [9.17, 15) is 0 Å². The van der Waals surface area contributed by atoms with Gasteiger partial charge in [-0.3, -0.25) is 0 Å². The van der Waals surface area contributed by atoms with Crippen molar-refractivity contribution < 1.29 is 9.05 Å². The maximum atomic E-state index is 6.40. The van der Waals surface area contributed by atoms with Crippen molar-refractivity contribution >= 4 is 48.1 Å². The van der Waals surface area contributed by atoms with Crippen LogP contribution in [0.2, 0.25) is 0 Å². The molecule has 34 heavy (non-hydrogen) atoms. The zero-order chi connectivity index (χ0) is 22.7. The van der Waals surface area contributed by atoms with E-state index in [0.717, 1.165) is 23.0 Å². The van der Waals surface area contributed by atoms with Crippen LogP contribution in [0.4, 0.5) is 0 Å². The summed E-state index contributed by atoms with van der Waals surface area (Å²) in [7, 11) is -1.47. The van der Waals surface area contributed by atoms with Crippen LogP contribution in [0.15, 0.2) is 109 Å². The highest BCUT2D eigenvalue weighted by Gasteiger charge is 2.27. The Bertz CT molecular complexity index is 1250. The average Bonchev–Trinajstić information content (AvgIpc) is 2.90. The lowest BCUT2D eigenvalue weighted by atomic mass is 10.0. The van der Waals surface area contributed by atoms with Crippen molar-refractivity contribution in [2.24, 2.45) is 0 Å². The van der Waals surface area contributed by atoms with Gasteiger partial charge in [-0.25, -0.2) is 0 Å². The fourth-order valence-electron chi connectivity index (χ4n) is 4.09. The van der Waals surface area contributed by atoms with E-state index in [1.54, 1.807) is 0 Å². The molecule has 6 heteroatoms. The Balaban J connectivity index is 1.08. The van der Waals surface area contributed by atoms with Crippen molar-refractivity contribution in [3.63, 3.8) is 0 Å². The number of hydrogen-bond donors (Lipinski definition) is 0. The van der Waals surface area contributed by atoms with E-state index < -0.39 is 14.7 Å². The fraction of sp³-hybridized carbons (Fsp3) is 0.0714. The topological polar surface area (TPSA) is 18.5 Å². The van der Waals surface area contributed by atoms with Crippen LogP contribution in [0.1, 0.15) is 0 Å². The molecule has 2 nitrogen and oxygen atoms in total. The van der Waals surface area contributed by atoms with Crippen LogP contribution in [-0.2, 0) is 0 Å². The van der Waals surface area contributed by atoms with E-state index in [1.165, 1.54) is 32.9 Å². The van der Waals surface area contributed by atoms with Crippen molar-refractivity contribution in [1.29, 1.82) is 0 Å². The summed E-state index contributed by atoms with van der Waals surface area (Å²) >= 11 is 3.78. The van der Waals surface area contributed by atoms with Crippen molar-refractivity contribution in [1.82, 2.24) is 0 Å². The van der Waals surface area contributed by atoms with Crippen LogP contribution in [0, 0.1) is 0 Å². The first-order valence-electron chi connectivity index (χ1n) is 11.1. The Kier molecular flexibility index (Phi) is 6.66. The molecule has 4 aromatic carbocycles. The third kappa shape index (κ3) is 4.41. The second-order valence-corrected chi connectivity index (χ2v) is 14.9. The standard InChI is InChI=1S/C28H22O2P2S2/c1-5-15-25-21(11-1)23-13-3-7-17-27(23)31(29-25)33-19-9-10-20-34-32-28-18-8-4-14-24(28)22-12-2-6-16-26(22)30-32/h1-18H,19-20H2/b10-9+. The zero-order valence-corrected chi connectivity index (χ0v) is 21.8. The van der Waals surface area contributed by atoms with Gasteiger partial charge in [0.25, 0.3) is 0 Å². The van der Waals surface area contributed by atoms with Gasteiger partial charge >= 0.3 is 0 Å². The highest BCUT2D eigenvalue weighted by atomic mass is 32.7. The molecule has 6 rings (SSSR count). The predicted molar refractivity (Wildman–Crippen MR) is 152 cm³/mol. The first-order chi connectivity index (χ1) is 16.9. The summed E-state index contributed by atoms with van der Waals surface area (Å²) < 4.78 is 12.8. The molecule has 2 aliphatic rings. The molecule has 2 unspecified atom stereocenters. The molecule has 168 valence electrons. The third-order valence-electron chi connectivity index (χ3n) is 5.66. The number of benzene rings is 4. The second-order valence-electron chi connectivity index (χ2n) is 7.79. The van der Waals surface area contributed by atoms with Crippen molar-refractivity contribution in [2.75, 3.05) is 11.5 Å². The highest BCUT2D eigenvalue weighted by molar-refractivity contribution is 8.57. The summed E-state index contributed by atoms with van der Waals surface area (Å²) in [6.45, 7) is 0. The highest BCUT2D eigenvalue weighted by Crippen LogP contribution is 2.57. The molecule has 0 spiro atoms. The van der Waals surface area contributed by atoms with Crippen LogP contribution < -0.4 is 19.7 Å². The monoisotopic (exact) mass is 516 g/mol. The summed E-state index contributed by atoms with van der Waals surface area (Å²) in [4.78, 5) is 0. The fourth-order valence-corrected chi connectivity index (χ4v) is 11.2. The predicted octanol–water partition coefficient (Wildman–Crippen LogP) is 8.40. The minimum Gasteiger partial charge on any atom is -0.457 e. The molecule has 0 fully saturated rings. The van der Waals surface area contributed by atoms with Crippen molar-refractivity contribution in [3.05, 3.63) is 109 Å². The summed E-state index contributed by atoms with van der Waals surface area (Å²) in [5.41, 5.74) is 5.00. The maximum Gasteiger partial charge on any atom is 0.180 e. The molecule has 4 aromatic rings. The SMILES string of the molecule is C(=C\CSP1Oc2ccccc2-c2ccccc21)/CSP1Oc2ccccc2-c2ccccc21. The van der Waals surface area contributed by atoms with Gasteiger partial charge in [-0.2, -0.15) is 0 Å². The number of para-hydroxylation sites is 2. The molecular weight excluding hydrogens is 494 g/mol. The van der Waals surface area contributed by atoms with Gasteiger partial charge in [0.1, 0.15) is 11.5 Å². The zero-order valence-electron chi connectivity index (χ0n) is 18.3. The first kappa shape index (κ1) is 22.3. The molecule has 0 aliphatic carbocycles. The molecule has 2 atom stereocenters. The number of rotatable bonds is 6. The Morgan fingerprint density at radius 1 is 0.500 bits per heavy atom. The molecular formula is C28H22O2P2S2. The number of fused-ring (bicyclic) bond motifs is 6. The van der Waals surface area contributed by atoms with Crippen LogP contribution in [0.5, 0.6) is 11.5 Å². The first-order valence-corrected chi connectivity index (χ1v) is 16.8. The molecule has 0 saturated carbocycles. The molecule has 0 aromatic heterocycles. The van der Waals surface area contributed by atoms with E-state index in [-0.39, 0.29) is 0 Å². The van der Waals surface area contributed by atoms with Gasteiger partial charge in [-0.15, -0.1) is 0 Å². The van der Waals surface area contributed by atoms with E-state index in [2.05, 4.69) is 97.1 Å². The molecule has 0 N–H and O–H groups in total. The Labute approximate surface area is 211 Å². The molecule has 0 bridgehead atoms. The smallest absolute Gasteiger partial charge is 0.180 e. The average molecular weight is 517 g/mol. The normalized spacial score (nSPS) is 17.6. The van der Waals surface area contributed by atoms with Gasteiger partial charge in [0.2, 0.25) is 0 Å². The van der Waals surface area contributed by atoms with Crippen LogP contribution >= 0.6 is 37.5 Å². The van der Waals surface area contributed by atoms with Gasteiger partial charge in [-0.05, 0) is 35.4 Å². The van der Waals surface area contributed by atoms with Gasteiger partial charge in [0, 0.05) is 33.2 Å². The molecule has 0 amide bonds. The minimum absolute atomic E-state index is 0.733. The summed E-state index contributed by atoms with van der Waals surface area (Å²) in [5, 5.41) is 2.64. The van der Waals surface area contributed by atoms with Gasteiger partial charge in [0.15, 0.2) is 14.7 Å². The molecule has 0 saturated heterocycles. The third-order valence-corrected chi connectivity index (χ3v) is 13.0. The molecule has 2 aliphatic heterocycles. The van der Waals surface area contributed by atoms with Gasteiger partial charge in [-0.1, -0.05) is 108 Å². The Hall–Kier alpha value is -2.22. The van der Waals surface area contributed by atoms with E-state index >= 15 is 0 Å².